The molecule has 182 valence electrons. The molecule has 7 nitrogen and oxygen atoms in total. The van der Waals surface area contributed by atoms with Gasteiger partial charge in [-0.1, -0.05) is 11.6 Å². The van der Waals surface area contributed by atoms with Gasteiger partial charge in [0.15, 0.2) is 0 Å². The quantitative estimate of drug-likeness (QED) is 0.461. The summed E-state index contributed by atoms with van der Waals surface area (Å²) in [6.45, 7) is 0. The van der Waals surface area contributed by atoms with E-state index in [0.29, 0.717) is 19.6 Å². The number of allylic oxidation sites excluding steroid dienone is 1. The van der Waals surface area contributed by atoms with Crippen molar-refractivity contribution in [1.82, 2.24) is 9.29 Å². The zero-order valence-corrected chi connectivity index (χ0v) is 19.9. The first-order valence-electron chi connectivity index (χ1n) is 9.56. The van der Waals surface area contributed by atoms with Gasteiger partial charge in [-0.2, -0.15) is 21.6 Å². The van der Waals surface area contributed by atoms with E-state index in [4.69, 9.17) is 11.6 Å². The highest BCUT2D eigenvalue weighted by atomic mass is 35.5. The predicted molar refractivity (Wildman–Crippen MR) is 124 cm³/mol. The Hall–Kier alpha value is -3.29. The number of benzene rings is 1. The molecule has 1 aromatic carbocycles. The molecule has 0 saturated carbocycles. The van der Waals surface area contributed by atoms with E-state index in [1.165, 1.54) is 30.3 Å². The fourth-order valence-corrected chi connectivity index (χ4v) is 5.09. The first-order chi connectivity index (χ1) is 16.3. The molecule has 0 saturated heterocycles. The predicted octanol–water partition coefficient (Wildman–Crippen LogP) is 5.12. The van der Waals surface area contributed by atoms with Crippen LogP contribution in [0.1, 0.15) is 10.6 Å². The third-order valence-corrected chi connectivity index (χ3v) is 7.54. The minimum absolute atomic E-state index is 0.0403. The molecule has 35 heavy (non-hydrogen) atoms. The lowest BCUT2D eigenvalue weighted by molar-refractivity contribution is -0.141. The Labute approximate surface area is 205 Å². The van der Waals surface area contributed by atoms with Crippen LogP contribution < -0.4 is 5.32 Å². The minimum atomic E-state index is -4.57. The summed E-state index contributed by atoms with van der Waals surface area (Å²) in [5.74, 6) is -1.50. The third kappa shape index (κ3) is 5.21. The summed E-state index contributed by atoms with van der Waals surface area (Å²) in [6.07, 6.45) is -2.26. The number of alkyl halides is 3. The van der Waals surface area contributed by atoms with Crippen LogP contribution in [0.25, 0.3) is 10.4 Å². The molecule has 1 amide bonds. The van der Waals surface area contributed by atoms with Gasteiger partial charge in [-0.3, -0.25) is 9.78 Å². The molecule has 3 heterocycles. The van der Waals surface area contributed by atoms with Crippen molar-refractivity contribution < 1.29 is 30.8 Å². The number of nitrogens with one attached hydrogen (secondary N) is 1. The molecule has 0 bridgehead atoms. The first-order valence-corrected chi connectivity index (χ1v) is 12.1. The Kier molecular flexibility index (Phi) is 6.42. The summed E-state index contributed by atoms with van der Waals surface area (Å²) in [4.78, 5) is 17.1. The fraction of sp³-hybridized carbons (Fsp3) is 0.0952. The van der Waals surface area contributed by atoms with Gasteiger partial charge in [-0.25, -0.2) is 8.70 Å². The van der Waals surface area contributed by atoms with Crippen molar-refractivity contribution in [3.63, 3.8) is 0 Å². The number of carbonyl (C=O) groups excluding carboxylic acids is 1. The highest BCUT2D eigenvalue weighted by Gasteiger charge is 2.32. The Morgan fingerprint density at radius 3 is 2.46 bits per heavy atom. The average molecular weight is 545 g/mol. The molecule has 4 rings (SSSR count). The Morgan fingerprint density at radius 2 is 1.83 bits per heavy atom. The number of aromatic nitrogens is 1. The number of nitrogens with zero attached hydrogens (tertiary/aromatic N) is 3. The van der Waals surface area contributed by atoms with Crippen LogP contribution in [0.4, 0.5) is 23.2 Å². The zero-order valence-electron chi connectivity index (χ0n) is 17.5. The molecule has 0 spiro atoms. The molecule has 3 aromatic rings. The minimum Gasteiger partial charge on any atom is -0.321 e. The van der Waals surface area contributed by atoms with Crippen LogP contribution in [-0.4, -0.2) is 36.4 Å². The van der Waals surface area contributed by atoms with E-state index in [-0.39, 0.29) is 22.1 Å². The number of hydrogen-bond donors (Lipinski definition) is 1. The number of likely N-dealkylation sites (N-methyl/N-ethyl adjacent to an activating group) is 1. The molecule has 0 unspecified atom stereocenters. The lowest BCUT2D eigenvalue weighted by Gasteiger charge is -2.23. The zero-order chi connectivity index (χ0) is 25.5. The van der Waals surface area contributed by atoms with Crippen molar-refractivity contribution in [2.24, 2.45) is 4.40 Å². The van der Waals surface area contributed by atoms with Crippen LogP contribution in [-0.2, 0) is 21.2 Å². The van der Waals surface area contributed by atoms with Crippen LogP contribution in [0.3, 0.4) is 0 Å². The number of thiophene rings is 1. The van der Waals surface area contributed by atoms with Gasteiger partial charge in [0.05, 0.1) is 15.6 Å². The normalized spacial score (nSPS) is 15.4. The SMILES string of the molecule is CN1C(C(=O)Nc2ccc(F)c(Cl)c2)=CC(c2ccc(-c3ccc(C(F)(F)F)nc3)s2)=NS1(=O)=O. The third-order valence-electron chi connectivity index (χ3n) is 4.78. The Balaban J connectivity index is 1.63. The van der Waals surface area contributed by atoms with Gasteiger partial charge in [0.25, 0.3) is 5.91 Å². The lowest BCUT2D eigenvalue weighted by Crippen LogP contribution is -2.35. The van der Waals surface area contributed by atoms with Gasteiger partial charge in [0.2, 0.25) is 0 Å². The molecule has 1 N–H and O–H groups in total. The van der Waals surface area contributed by atoms with Crippen molar-refractivity contribution in [3.05, 3.63) is 81.8 Å². The van der Waals surface area contributed by atoms with E-state index < -0.39 is 33.8 Å². The van der Waals surface area contributed by atoms with Crippen molar-refractivity contribution in [2.75, 3.05) is 12.4 Å². The topological polar surface area (TPSA) is 91.7 Å². The van der Waals surface area contributed by atoms with E-state index in [1.807, 2.05) is 0 Å². The number of anilines is 1. The largest absolute Gasteiger partial charge is 0.433 e. The maximum atomic E-state index is 13.4. The maximum Gasteiger partial charge on any atom is 0.433 e. The molecule has 2 aromatic heterocycles. The van der Waals surface area contributed by atoms with E-state index in [9.17, 15) is 30.8 Å². The van der Waals surface area contributed by atoms with Crippen molar-refractivity contribution in [3.8, 4) is 10.4 Å². The summed E-state index contributed by atoms with van der Waals surface area (Å²) in [5, 5.41) is 2.22. The van der Waals surface area contributed by atoms with Crippen LogP contribution in [0.2, 0.25) is 5.02 Å². The molecule has 1 aliphatic heterocycles. The van der Waals surface area contributed by atoms with Crippen molar-refractivity contribution in [2.45, 2.75) is 6.18 Å². The van der Waals surface area contributed by atoms with E-state index in [2.05, 4.69) is 14.7 Å². The summed E-state index contributed by atoms with van der Waals surface area (Å²) in [5.41, 5.74) is -0.806. The molecule has 1 aliphatic rings. The number of halogens is 5. The monoisotopic (exact) mass is 544 g/mol. The Bertz CT molecular complexity index is 1480. The highest BCUT2D eigenvalue weighted by molar-refractivity contribution is 7.88. The smallest absolute Gasteiger partial charge is 0.321 e. The second-order valence-corrected chi connectivity index (χ2v) is 10.2. The van der Waals surface area contributed by atoms with Gasteiger partial charge < -0.3 is 5.32 Å². The maximum absolute atomic E-state index is 13.4. The summed E-state index contributed by atoms with van der Waals surface area (Å²) in [6, 6.07) is 8.68. The van der Waals surface area contributed by atoms with Crippen molar-refractivity contribution >= 4 is 50.5 Å². The number of amides is 1. The van der Waals surface area contributed by atoms with Gasteiger partial charge in [0, 0.05) is 29.4 Å². The fourth-order valence-electron chi connectivity index (χ4n) is 2.99. The van der Waals surface area contributed by atoms with E-state index in [1.54, 1.807) is 6.07 Å². The lowest BCUT2D eigenvalue weighted by atomic mass is 10.2. The standard InChI is InChI=1S/C21H13ClF4N4O3S2/c1-30-16(20(31)28-12-3-4-14(23)13(22)8-12)9-15(29-35(30,32)33)18-6-5-17(34-18)11-2-7-19(27-10-11)21(24,25)26/h2-10H,1H3,(H,28,31). The second-order valence-electron chi connectivity index (χ2n) is 7.13. The first kappa shape index (κ1) is 24.8. The molecule has 0 aliphatic carbocycles. The number of hydrogen-bond acceptors (Lipinski definition) is 5. The molecule has 0 radical (unpaired) electrons. The van der Waals surface area contributed by atoms with Crippen LogP contribution in [0.5, 0.6) is 0 Å². The number of pyridine rings is 1. The van der Waals surface area contributed by atoms with Crippen LogP contribution >= 0.6 is 22.9 Å². The second kappa shape index (κ2) is 9.06. The Morgan fingerprint density at radius 1 is 1.11 bits per heavy atom. The summed E-state index contributed by atoms with van der Waals surface area (Å²) in [7, 11) is -3.12. The molecular weight excluding hydrogens is 532 g/mol. The molecule has 14 heteroatoms. The van der Waals surface area contributed by atoms with E-state index in [0.717, 1.165) is 36.7 Å². The van der Waals surface area contributed by atoms with Gasteiger partial charge in [-0.05, 0) is 48.5 Å². The van der Waals surface area contributed by atoms with Gasteiger partial charge >= 0.3 is 16.4 Å². The highest BCUT2D eigenvalue weighted by Crippen LogP contribution is 2.33. The van der Waals surface area contributed by atoms with Gasteiger partial charge in [0.1, 0.15) is 17.2 Å². The molecule has 0 atom stereocenters. The number of carbonyl (C=O) groups is 1. The summed E-state index contributed by atoms with van der Waals surface area (Å²) < 4.78 is 81.2. The molecule has 0 fully saturated rings. The average Bonchev–Trinajstić information content (AvgIpc) is 3.28. The van der Waals surface area contributed by atoms with Gasteiger partial charge in [-0.15, -0.1) is 15.7 Å². The van der Waals surface area contributed by atoms with Crippen molar-refractivity contribution in [1.29, 1.82) is 0 Å². The summed E-state index contributed by atoms with van der Waals surface area (Å²) >= 11 is 6.78. The van der Waals surface area contributed by atoms with Crippen LogP contribution in [0.15, 0.2) is 64.8 Å². The molecular formula is C21H13ClF4N4O3S2. The van der Waals surface area contributed by atoms with E-state index >= 15 is 0 Å². The van der Waals surface area contributed by atoms with Crippen LogP contribution in [0, 0.1) is 5.82 Å². The number of rotatable bonds is 4.